The van der Waals surface area contributed by atoms with Gasteiger partial charge in [0.05, 0.1) is 18.2 Å². The second kappa shape index (κ2) is 6.36. The molecule has 1 aromatic heterocycles. The summed E-state index contributed by atoms with van der Waals surface area (Å²) in [6.45, 7) is 2.62. The molecule has 7 heteroatoms. The van der Waals surface area contributed by atoms with Crippen molar-refractivity contribution >= 4 is 11.7 Å². The number of aromatic nitrogens is 2. The van der Waals surface area contributed by atoms with E-state index in [-0.39, 0.29) is 17.6 Å². The first-order chi connectivity index (χ1) is 10.6. The molecule has 0 saturated carbocycles. The average Bonchev–Trinajstić information content (AvgIpc) is 2.90. The smallest absolute Gasteiger partial charge is 0.239 e. The molecule has 0 radical (unpaired) electrons. The minimum absolute atomic E-state index is 0.0558. The zero-order chi connectivity index (χ0) is 15.6. The van der Waals surface area contributed by atoms with Crippen molar-refractivity contribution in [3.05, 3.63) is 12.3 Å². The number of ether oxygens (including phenoxy) is 1. The lowest BCUT2D eigenvalue weighted by molar-refractivity contribution is -0.177. The number of rotatable bonds is 3. The fourth-order valence-corrected chi connectivity index (χ4v) is 3.35. The van der Waals surface area contributed by atoms with Gasteiger partial charge >= 0.3 is 0 Å². The van der Waals surface area contributed by atoms with Crippen molar-refractivity contribution in [3.63, 3.8) is 0 Å². The maximum absolute atomic E-state index is 12.0. The van der Waals surface area contributed by atoms with Crippen LogP contribution in [0.3, 0.4) is 0 Å². The minimum atomic E-state index is -0.383. The Morgan fingerprint density at radius 1 is 1.55 bits per heavy atom. The summed E-state index contributed by atoms with van der Waals surface area (Å²) in [7, 11) is 1.81. The molecule has 22 heavy (non-hydrogen) atoms. The normalized spacial score (nSPS) is 25.3. The Morgan fingerprint density at radius 2 is 2.32 bits per heavy atom. The number of hydrogen-bond donors (Lipinski definition) is 2. The van der Waals surface area contributed by atoms with Crippen LogP contribution in [0.4, 0.5) is 5.82 Å². The molecule has 122 valence electrons. The Morgan fingerprint density at radius 3 is 2.95 bits per heavy atom. The first kappa shape index (κ1) is 15.5. The van der Waals surface area contributed by atoms with E-state index in [1.807, 2.05) is 7.05 Å². The maximum atomic E-state index is 12.0. The molecule has 3 heterocycles. The van der Waals surface area contributed by atoms with Gasteiger partial charge in [-0.1, -0.05) is 0 Å². The van der Waals surface area contributed by atoms with Crippen LogP contribution in [0.25, 0.3) is 0 Å². The number of aryl methyl sites for hydroxylation is 1. The molecule has 1 aromatic rings. The zero-order valence-electron chi connectivity index (χ0n) is 13.0. The summed E-state index contributed by atoms with van der Waals surface area (Å²) < 4.78 is 7.54. The summed E-state index contributed by atoms with van der Waals surface area (Å²) in [5.74, 6) is 0.520. The SMILES string of the molecule is Cn1ccc(NC(=O)CN2CCC3(CC2)OCCC[C@H]3O)n1. The molecular formula is C15H24N4O3. The van der Waals surface area contributed by atoms with Crippen molar-refractivity contribution < 1.29 is 14.6 Å². The summed E-state index contributed by atoms with van der Waals surface area (Å²) in [6.07, 6.45) is 4.74. The number of amides is 1. The molecule has 2 saturated heterocycles. The van der Waals surface area contributed by atoms with Crippen molar-refractivity contribution in [2.45, 2.75) is 37.4 Å². The van der Waals surface area contributed by atoms with Crippen LogP contribution < -0.4 is 5.32 Å². The van der Waals surface area contributed by atoms with Crippen molar-refractivity contribution in [3.8, 4) is 0 Å². The third-order valence-corrected chi connectivity index (χ3v) is 4.67. The highest BCUT2D eigenvalue weighted by Gasteiger charge is 2.43. The summed E-state index contributed by atoms with van der Waals surface area (Å²) >= 11 is 0. The van der Waals surface area contributed by atoms with Gasteiger partial charge in [-0.05, 0) is 25.7 Å². The Balaban J connectivity index is 1.48. The number of carbonyl (C=O) groups excluding carboxylic acids is 1. The Hall–Kier alpha value is -1.44. The number of likely N-dealkylation sites (tertiary alicyclic amines) is 1. The highest BCUT2D eigenvalue weighted by atomic mass is 16.5. The van der Waals surface area contributed by atoms with Gasteiger partial charge in [0.25, 0.3) is 0 Å². The molecule has 0 aliphatic carbocycles. The first-order valence-electron chi connectivity index (χ1n) is 7.91. The highest BCUT2D eigenvalue weighted by molar-refractivity contribution is 5.91. The zero-order valence-corrected chi connectivity index (χ0v) is 13.0. The average molecular weight is 308 g/mol. The molecule has 2 fully saturated rings. The fraction of sp³-hybridized carbons (Fsp3) is 0.733. The minimum Gasteiger partial charge on any atom is -0.390 e. The van der Waals surface area contributed by atoms with Crippen LogP contribution in [-0.4, -0.2) is 63.6 Å². The van der Waals surface area contributed by atoms with Gasteiger partial charge in [-0.3, -0.25) is 14.4 Å². The molecule has 1 amide bonds. The molecule has 0 aromatic carbocycles. The second-order valence-electron chi connectivity index (χ2n) is 6.27. The summed E-state index contributed by atoms with van der Waals surface area (Å²) in [5.41, 5.74) is -0.383. The van der Waals surface area contributed by atoms with Crippen LogP contribution in [0.2, 0.25) is 0 Å². The van der Waals surface area contributed by atoms with Gasteiger partial charge in [-0.25, -0.2) is 0 Å². The molecule has 0 unspecified atom stereocenters. The van der Waals surface area contributed by atoms with E-state index < -0.39 is 0 Å². The molecule has 1 spiro atoms. The molecule has 7 nitrogen and oxygen atoms in total. The largest absolute Gasteiger partial charge is 0.390 e. The van der Waals surface area contributed by atoms with E-state index in [1.165, 1.54) is 0 Å². The van der Waals surface area contributed by atoms with Gasteiger partial charge in [0.1, 0.15) is 0 Å². The lowest BCUT2D eigenvalue weighted by Crippen LogP contribution is -2.55. The van der Waals surface area contributed by atoms with E-state index in [1.54, 1.807) is 16.9 Å². The number of aliphatic hydroxyl groups is 1. The molecular weight excluding hydrogens is 284 g/mol. The van der Waals surface area contributed by atoms with Crippen molar-refractivity contribution in [2.75, 3.05) is 31.6 Å². The first-order valence-corrected chi connectivity index (χ1v) is 7.91. The third-order valence-electron chi connectivity index (χ3n) is 4.67. The summed E-state index contributed by atoms with van der Waals surface area (Å²) in [5, 5.41) is 17.1. The van der Waals surface area contributed by atoms with Crippen LogP contribution in [-0.2, 0) is 16.6 Å². The third kappa shape index (κ3) is 3.31. The number of hydrogen-bond acceptors (Lipinski definition) is 5. The van der Waals surface area contributed by atoms with E-state index in [4.69, 9.17) is 4.74 Å². The lowest BCUT2D eigenvalue weighted by atomic mass is 9.82. The van der Waals surface area contributed by atoms with Crippen LogP contribution >= 0.6 is 0 Å². The van der Waals surface area contributed by atoms with Crippen molar-refractivity contribution in [2.24, 2.45) is 7.05 Å². The number of piperidine rings is 1. The number of carbonyl (C=O) groups is 1. The predicted octanol–water partition coefficient (Wildman–Crippen LogP) is 0.364. The molecule has 0 bridgehead atoms. The highest BCUT2D eigenvalue weighted by Crippen LogP contribution is 2.35. The van der Waals surface area contributed by atoms with Gasteiger partial charge in [0, 0.05) is 39.0 Å². The summed E-state index contributed by atoms with van der Waals surface area (Å²) in [6, 6.07) is 1.77. The molecule has 1 atom stereocenters. The van der Waals surface area contributed by atoms with Gasteiger partial charge < -0.3 is 15.2 Å². The van der Waals surface area contributed by atoms with Crippen molar-refractivity contribution in [1.82, 2.24) is 14.7 Å². The van der Waals surface area contributed by atoms with Crippen LogP contribution in [0, 0.1) is 0 Å². The van der Waals surface area contributed by atoms with Gasteiger partial charge in [-0.2, -0.15) is 5.10 Å². The van der Waals surface area contributed by atoms with Gasteiger partial charge in [0.2, 0.25) is 5.91 Å². The van der Waals surface area contributed by atoms with Crippen LogP contribution in [0.1, 0.15) is 25.7 Å². The molecule has 2 aliphatic heterocycles. The summed E-state index contributed by atoms with van der Waals surface area (Å²) in [4.78, 5) is 14.1. The Kier molecular flexibility index (Phi) is 4.46. The Bertz CT molecular complexity index is 523. The van der Waals surface area contributed by atoms with Gasteiger partial charge in [0.15, 0.2) is 5.82 Å². The van der Waals surface area contributed by atoms with Crippen LogP contribution in [0.5, 0.6) is 0 Å². The van der Waals surface area contributed by atoms with Crippen LogP contribution in [0.15, 0.2) is 12.3 Å². The van der Waals surface area contributed by atoms with E-state index >= 15 is 0 Å². The second-order valence-corrected chi connectivity index (χ2v) is 6.27. The quantitative estimate of drug-likeness (QED) is 0.843. The maximum Gasteiger partial charge on any atom is 0.239 e. The van der Waals surface area contributed by atoms with E-state index in [2.05, 4.69) is 15.3 Å². The predicted molar refractivity (Wildman–Crippen MR) is 81.4 cm³/mol. The van der Waals surface area contributed by atoms with E-state index in [9.17, 15) is 9.90 Å². The van der Waals surface area contributed by atoms with Crippen molar-refractivity contribution in [1.29, 1.82) is 0 Å². The standard InChI is InChI=1S/C15H24N4O3/c1-18-7-4-13(17-18)16-14(21)11-19-8-5-15(6-9-19)12(20)3-2-10-22-15/h4,7,12,20H,2-3,5-6,8-11H2,1H3,(H,16,17,21)/t12-/m1/s1. The van der Waals surface area contributed by atoms with E-state index in [0.29, 0.717) is 12.4 Å². The number of nitrogens with one attached hydrogen (secondary N) is 1. The number of nitrogens with zero attached hydrogens (tertiary/aromatic N) is 3. The monoisotopic (exact) mass is 308 g/mol. The topological polar surface area (TPSA) is 79.6 Å². The Labute approximate surface area is 130 Å². The van der Waals surface area contributed by atoms with Gasteiger partial charge in [-0.15, -0.1) is 0 Å². The fourth-order valence-electron chi connectivity index (χ4n) is 3.35. The van der Waals surface area contributed by atoms with E-state index in [0.717, 1.165) is 45.4 Å². The number of anilines is 1. The molecule has 2 aliphatic rings. The lowest BCUT2D eigenvalue weighted by Gasteiger charge is -2.46. The molecule has 3 rings (SSSR count). The number of aliphatic hydroxyl groups excluding tert-OH is 1. The molecule has 2 N–H and O–H groups in total.